The topological polar surface area (TPSA) is 60.2 Å². The third-order valence-electron chi connectivity index (χ3n) is 2.30. The molecule has 0 aliphatic heterocycles. The van der Waals surface area contributed by atoms with Gasteiger partial charge in [0, 0.05) is 10.4 Å². The van der Waals surface area contributed by atoms with E-state index >= 15 is 0 Å². The van der Waals surface area contributed by atoms with E-state index in [1.54, 1.807) is 12.1 Å². The minimum atomic E-state index is -3.64. The largest absolute Gasteiger partial charge is 0.238 e. The van der Waals surface area contributed by atoms with Crippen LogP contribution in [-0.4, -0.2) is 8.42 Å². The molecule has 0 unspecified atom stereocenters. The molecule has 3 nitrogen and oxygen atoms in total. The Balaban J connectivity index is 2.46. The van der Waals surface area contributed by atoms with Gasteiger partial charge in [0.15, 0.2) is 0 Å². The van der Waals surface area contributed by atoms with Crippen molar-refractivity contribution in [3.05, 3.63) is 39.5 Å². The summed E-state index contributed by atoms with van der Waals surface area (Å²) in [4.78, 5) is 1.21. The number of sulfonamides is 1. The Labute approximate surface area is 109 Å². The van der Waals surface area contributed by atoms with Gasteiger partial charge in [-0.3, -0.25) is 0 Å². The summed E-state index contributed by atoms with van der Waals surface area (Å²) >= 11 is 7.58. The molecule has 1 aromatic carbocycles. The third kappa shape index (κ3) is 2.69. The highest BCUT2D eigenvalue weighted by molar-refractivity contribution is 7.89. The average Bonchev–Trinajstić information content (AvgIpc) is 2.57. The van der Waals surface area contributed by atoms with Crippen LogP contribution in [0, 0.1) is 6.92 Å². The summed E-state index contributed by atoms with van der Waals surface area (Å²) in [6, 6.07) is 8.33. The van der Waals surface area contributed by atoms with Crippen molar-refractivity contribution >= 4 is 33.0 Å². The summed E-state index contributed by atoms with van der Waals surface area (Å²) in [7, 11) is -3.64. The summed E-state index contributed by atoms with van der Waals surface area (Å²) in [5.41, 5.74) is 1.79. The summed E-state index contributed by atoms with van der Waals surface area (Å²) in [5, 5.41) is 5.03. The molecule has 1 heterocycles. The summed E-state index contributed by atoms with van der Waals surface area (Å²) in [5.74, 6) is 0. The first-order chi connectivity index (χ1) is 7.88. The van der Waals surface area contributed by atoms with Crippen molar-refractivity contribution in [1.82, 2.24) is 0 Å². The molecule has 2 N–H and O–H groups in total. The second kappa shape index (κ2) is 4.42. The van der Waals surface area contributed by atoms with E-state index in [2.05, 4.69) is 0 Å². The zero-order chi connectivity index (χ0) is 12.6. The first kappa shape index (κ1) is 12.6. The highest BCUT2D eigenvalue weighted by Crippen LogP contribution is 2.35. The highest BCUT2D eigenvalue weighted by atomic mass is 35.5. The van der Waals surface area contributed by atoms with E-state index in [1.807, 2.05) is 13.0 Å². The number of halogens is 1. The van der Waals surface area contributed by atoms with Crippen LogP contribution in [0.15, 0.2) is 35.2 Å². The van der Waals surface area contributed by atoms with E-state index in [1.165, 1.54) is 23.5 Å². The Bertz CT molecular complexity index is 645. The van der Waals surface area contributed by atoms with Gasteiger partial charge in [-0.25, -0.2) is 13.6 Å². The molecular formula is C11H10ClNO2S2. The van der Waals surface area contributed by atoms with E-state index in [9.17, 15) is 8.42 Å². The molecule has 6 heteroatoms. The van der Waals surface area contributed by atoms with Crippen molar-refractivity contribution in [3.63, 3.8) is 0 Å². The van der Waals surface area contributed by atoms with Gasteiger partial charge in [-0.1, -0.05) is 23.7 Å². The number of hydrogen-bond donors (Lipinski definition) is 1. The normalized spacial score (nSPS) is 11.7. The fraction of sp³-hybridized carbons (Fsp3) is 0.0909. The molecule has 2 aromatic rings. The predicted molar refractivity (Wildman–Crippen MR) is 70.9 cm³/mol. The second-order valence-corrected chi connectivity index (χ2v) is 7.03. The Kier molecular flexibility index (Phi) is 3.27. The van der Waals surface area contributed by atoms with Crippen LogP contribution in [0.5, 0.6) is 0 Å². The molecule has 2 rings (SSSR count). The number of aryl methyl sites for hydroxylation is 1. The van der Waals surface area contributed by atoms with Crippen LogP contribution in [0.2, 0.25) is 4.34 Å². The van der Waals surface area contributed by atoms with Crippen molar-refractivity contribution in [2.24, 2.45) is 5.14 Å². The summed E-state index contributed by atoms with van der Waals surface area (Å²) in [6.45, 7) is 1.97. The monoisotopic (exact) mass is 287 g/mol. The van der Waals surface area contributed by atoms with E-state index in [0.29, 0.717) is 4.34 Å². The molecule has 17 heavy (non-hydrogen) atoms. The minimum Gasteiger partial charge on any atom is -0.225 e. The quantitative estimate of drug-likeness (QED) is 0.923. The van der Waals surface area contributed by atoms with Gasteiger partial charge in [0.2, 0.25) is 10.0 Å². The lowest BCUT2D eigenvalue weighted by Gasteiger charge is -2.01. The molecule has 0 aliphatic carbocycles. The zero-order valence-electron chi connectivity index (χ0n) is 8.98. The van der Waals surface area contributed by atoms with Crippen LogP contribution in [0.25, 0.3) is 11.1 Å². The Morgan fingerprint density at radius 1 is 1.24 bits per heavy atom. The van der Waals surface area contributed by atoms with Gasteiger partial charge in [-0.05, 0) is 30.7 Å². The fourth-order valence-corrected chi connectivity index (χ4v) is 3.30. The van der Waals surface area contributed by atoms with E-state index in [4.69, 9.17) is 16.7 Å². The number of rotatable bonds is 2. The SMILES string of the molecule is Cc1cc(-c2ccc(S(N)(=O)=O)cc2)c(Cl)s1. The molecule has 0 amide bonds. The van der Waals surface area contributed by atoms with E-state index in [0.717, 1.165) is 16.0 Å². The molecule has 0 fully saturated rings. The van der Waals surface area contributed by atoms with E-state index < -0.39 is 10.0 Å². The Morgan fingerprint density at radius 3 is 2.24 bits per heavy atom. The van der Waals surface area contributed by atoms with Crippen molar-refractivity contribution in [2.75, 3.05) is 0 Å². The molecule has 0 atom stereocenters. The van der Waals surface area contributed by atoms with Gasteiger partial charge in [0.1, 0.15) is 4.34 Å². The van der Waals surface area contributed by atoms with E-state index in [-0.39, 0.29) is 4.90 Å². The molecule has 0 bridgehead atoms. The van der Waals surface area contributed by atoms with Crippen molar-refractivity contribution in [1.29, 1.82) is 0 Å². The number of nitrogens with two attached hydrogens (primary N) is 1. The first-order valence-electron chi connectivity index (χ1n) is 4.77. The lowest BCUT2D eigenvalue weighted by Crippen LogP contribution is -2.11. The molecule has 90 valence electrons. The number of primary sulfonamides is 1. The summed E-state index contributed by atoms with van der Waals surface area (Å²) in [6.07, 6.45) is 0. The molecule has 0 saturated carbocycles. The van der Waals surface area contributed by atoms with Crippen LogP contribution in [0.1, 0.15) is 4.88 Å². The van der Waals surface area contributed by atoms with Gasteiger partial charge in [0.05, 0.1) is 4.90 Å². The molecule has 0 aliphatic rings. The average molecular weight is 288 g/mol. The molecule has 0 spiro atoms. The minimum absolute atomic E-state index is 0.101. The highest BCUT2D eigenvalue weighted by Gasteiger charge is 2.10. The Morgan fingerprint density at radius 2 is 1.82 bits per heavy atom. The van der Waals surface area contributed by atoms with Crippen LogP contribution >= 0.6 is 22.9 Å². The maximum atomic E-state index is 11.1. The van der Waals surface area contributed by atoms with Gasteiger partial charge >= 0.3 is 0 Å². The number of thiophene rings is 1. The number of hydrogen-bond acceptors (Lipinski definition) is 3. The third-order valence-corrected chi connectivity index (χ3v) is 4.51. The molecule has 0 radical (unpaired) electrons. The molecule has 0 saturated heterocycles. The summed E-state index contributed by atoms with van der Waals surface area (Å²) < 4.78 is 22.9. The smallest absolute Gasteiger partial charge is 0.225 e. The lowest BCUT2D eigenvalue weighted by molar-refractivity contribution is 0.598. The van der Waals surface area contributed by atoms with Crippen LogP contribution in [0.4, 0.5) is 0 Å². The maximum absolute atomic E-state index is 11.1. The van der Waals surface area contributed by atoms with Gasteiger partial charge in [0.25, 0.3) is 0 Å². The number of benzene rings is 1. The lowest BCUT2D eigenvalue weighted by atomic mass is 10.1. The fourth-order valence-electron chi connectivity index (χ4n) is 1.51. The van der Waals surface area contributed by atoms with Gasteiger partial charge < -0.3 is 0 Å². The van der Waals surface area contributed by atoms with Gasteiger partial charge in [-0.15, -0.1) is 11.3 Å². The molecule has 1 aromatic heterocycles. The maximum Gasteiger partial charge on any atom is 0.238 e. The van der Waals surface area contributed by atoms with Crippen LogP contribution in [0.3, 0.4) is 0 Å². The van der Waals surface area contributed by atoms with Crippen LogP contribution < -0.4 is 5.14 Å². The molecular weight excluding hydrogens is 278 g/mol. The van der Waals surface area contributed by atoms with Crippen LogP contribution in [-0.2, 0) is 10.0 Å². The van der Waals surface area contributed by atoms with Crippen molar-refractivity contribution in [3.8, 4) is 11.1 Å². The Hall–Kier alpha value is -0.880. The van der Waals surface area contributed by atoms with Gasteiger partial charge in [-0.2, -0.15) is 0 Å². The predicted octanol–water partition coefficient (Wildman–Crippen LogP) is 3.02. The first-order valence-corrected chi connectivity index (χ1v) is 7.51. The van der Waals surface area contributed by atoms with Crippen molar-refractivity contribution in [2.45, 2.75) is 11.8 Å². The standard InChI is InChI=1S/C11H10ClNO2S2/c1-7-6-10(11(12)16-7)8-2-4-9(5-3-8)17(13,14)15/h2-6H,1H3,(H2,13,14,15). The van der Waals surface area contributed by atoms with Crippen molar-refractivity contribution < 1.29 is 8.42 Å². The second-order valence-electron chi connectivity index (χ2n) is 3.61. The zero-order valence-corrected chi connectivity index (χ0v) is 11.4.